The molecule has 0 aliphatic rings. The van der Waals surface area contributed by atoms with Gasteiger partial charge in [0.25, 0.3) is 0 Å². The molecule has 80 valence electrons. The van der Waals surface area contributed by atoms with Crippen molar-refractivity contribution in [3.63, 3.8) is 0 Å². The Morgan fingerprint density at radius 1 is 1.08 bits per heavy atom. The average Bonchev–Trinajstić information content (AvgIpc) is 2.11. The molecule has 2 nitrogen and oxygen atoms in total. The summed E-state index contributed by atoms with van der Waals surface area (Å²) in [5.74, 6) is 1.48. The van der Waals surface area contributed by atoms with Crippen LogP contribution in [0.5, 0.6) is 0 Å². The van der Waals surface area contributed by atoms with Crippen molar-refractivity contribution in [1.29, 1.82) is 0 Å². The van der Waals surface area contributed by atoms with Crippen molar-refractivity contribution in [2.24, 2.45) is 11.8 Å². The maximum atomic E-state index is 5.24. The fourth-order valence-electron chi connectivity index (χ4n) is 0.978. The topological polar surface area (TPSA) is 21.3 Å². The molecule has 0 radical (unpaired) electrons. The molecular weight excluding hydrogens is 162 g/mol. The summed E-state index contributed by atoms with van der Waals surface area (Å²) in [4.78, 5) is 0. The van der Waals surface area contributed by atoms with Crippen LogP contribution >= 0.6 is 0 Å². The third-order valence-electron chi connectivity index (χ3n) is 2.98. The Hall–Kier alpha value is -0.0800. The van der Waals surface area contributed by atoms with Gasteiger partial charge in [-0.15, -0.1) is 0 Å². The predicted molar refractivity (Wildman–Crippen MR) is 57.9 cm³/mol. The summed E-state index contributed by atoms with van der Waals surface area (Å²) < 4.78 is 5.24. The van der Waals surface area contributed by atoms with E-state index in [2.05, 4.69) is 39.9 Å². The van der Waals surface area contributed by atoms with Crippen LogP contribution in [0.2, 0.25) is 0 Å². The molecule has 0 aromatic heterocycles. The van der Waals surface area contributed by atoms with Crippen molar-refractivity contribution < 1.29 is 4.74 Å². The molecule has 0 rings (SSSR count). The number of ether oxygens (including phenoxy) is 1. The highest BCUT2D eigenvalue weighted by Crippen LogP contribution is 2.08. The molecule has 0 fully saturated rings. The molecule has 3 unspecified atom stereocenters. The van der Waals surface area contributed by atoms with Gasteiger partial charge < -0.3 is 10.1 Å². The maximum absolute atomic E-state index is 5.24. The van der Waals surface area contributed by atoms with Crippen molar-refractivity contribution in [1.82, 2.24) is 5.32 Å². The molecule has 13 heavy (non-hydrogen) atoms. The first kappa shape index (κ1) is 12.9. The quantitative estimate of drug-likeness (QED) is 0.689. The monoisotopic (exact) mass is 187 g/mol. The minimum atomic E-state index is 0.291. The number of rotatable bonds is 6. The van der Waals surface area contributed by atoms with E-state index in [0.29, 0.717) is 12.1 Å². The summed E-state index contributed by atoms with van der Waals surface area (Å²) in [7, 11) is 1.76. The SMILES string of the molecule is COC(C)C(C)NCC(C)C(C)C. The second kappa shape index (κ2) is 6.39. The van der Waals surface area contributed by atoms with Crippen molar-refractivity contribution in [3.05, 3.63) is 0 Å². The van der Waals surface area contributed by atoms with E-state index < -0.39 is 0 Å². The van der Waals surface area contributed by atoms with E-state index in [0.717, 1.165) is 18.4 Å². The molecule has 3 atom stereocenters. The van der Waals surface area contributed by atoms with Gasteiger partial charge in [0.05, 0.1) is 6.10 Å². The average molecular weight is 187 g/mol. The van der Waals surface area contributed by atoms with E-state index in [1.807, 2.05) is 0 Å². The van der Waals surface area contributed by atoms with Gasteiger partial charge in [0.1, 0.15) is 0 Å². The predicted octanol–water partition coefficient (Wildman–Crippen LogP) is 2.29. The van der Waals surface area contributed by atoms with Gasteiger partial charge in [-0.25, -0.2) is 0 Å². The Labute approximate surface area is 83.1 Å². The van der Waals surface area contributed by atoms with E-state index in [-0.39, 0.29) is 0 Å². The Morgan fingerprint density at radius 3 is 2.00 bits per heavy atom. The maximum Gasteiger partial charge on any atom is 0.0693 e. The lowest BCUT2D eigenvalue weighted by molar-refractivity contribution is 0.0866. The first-order chi connectivity index (χ1) is 5.99. The molecule has 0 heterocycles. The van der Waals surface area contributed by atoms with Gasteiger partial charge in [0.2, 0.25) is 0 Å². The normalized spacial score (nSPS) is 18.7. The molecule has 0 aromatic carbocycles. The number of hydrogen-bond acceptors (Lipinski definition) is 2. The molecule has 0 saturated heterocycles. The smallest absolute Gasteiger partial charge is 0.0693 e. The number of nitrogens with one attached hydrogen (secondary N) is 1. The number of methoxy groups -OCH3 is 1. The van der Waals surface area contributed by atoms with Gasteiger partial charge in [-0.1, -0.05) is 20.8 Å². The van der Waals surface area contributed by atoms with Crippen LogP contribution in [0.3, 0.4) is 0 Å². The standard InChI is InChI=1S/C11H25NO/c1-8(2)9(3)7-12-10(4)11(5)13-6/h8-12H,7H2,1-6H3. The minimum absolute atomic E-state index is 0.291. The largest absolute Gasteiger partial charge is 0.380 e. The fourth-order valence-corrected chi connectivity index (χ4v) is 0.978. The Balaban J connectivity index is 3.63. The van der Waals surface area contributed by atoms with Crippen molar-refractivity contribution in [3.8, 4) is 0 Å². The minimum Gasteiger partial charge on any atom is -0.380 e. The zero-order chi connectivity index (χ0) is 10.4. The van der Waals surface area contributed by atoms with Crippen LogP contribution in [0, 0.1) is 11.8 Å². The van der Waals surface area contributed by atoms with E-state index in [1.54, 1.807) is 7.11 Å². The molecule has 0 aliphatic carbocycles. The molecule has 0 bridgehead atoms. The summed E-state index contributed by atoms with van der Waals surface area (Å²) in [6.45, 7) is 12.1. The van der Waals surface area contributed by atoms with E-state index >= 15 is 0 Å². The van der Waals surface area contributed by atoms with Crippen LogP contribution in [-0.4, -0.2) is 25.8 Å². The van der Waals surface area contributed by atoms with Crippen LogP contribution in [0.15, 0.2) is 0 Å². The summed E-state index contributed by atoms with van der Waals surface area (Å²) in [5.41, 5.74) is 0. The third kappa shape index (κ3) is 5.27. The highest BCUT2D eigenvalue weighted by Gasteiger charge is 2.13. The lowest BCUT2D eigenvalue weighted by Crippen LogP contribution is -2.39. The second-order valence-electron chi connectivity index (χ2n) is 4.36. The van der Waals surface area contributed by atoms with E-state index in [1.165, 1.54) is 0 Å². The lowest BCUT2D eigenvalue weighted by Gasteiger charge is -2.23. The summed E-state index contributed by atoms with van der Waals surface area (Å²) in [6, 6.07) is 0.436. The summed E-state index contributed by atoms with van der Waals surface area (Å²) >= 11 is 0. The Kier molecular flexibility index (Phi) is 6.35. The van der Waals surface area contributed by atoms with E-state index in [9.17, 15) is 0 Å². The molecule has 0 amide bonds. The zero-order valence-corrected chi connectivity index (χ0v) is 9.92. The van der Waals surface area contributed by atoms with Gasteiger partial charge in [-0.05, 0) is 32.2 Å². The van der Waals surface area contributed by atoms with Crippen LogP contribution < -0.4 is 5.32 Å². The Bertz CT molecular complexity index is 125. The molecule has 0 spiro atoms. The van der Waals surface area contributed by atoms with Crippen LogP contribution in [0.25, 0.3) is 0 Å². The van der Waals surface area contributed by atoms with Gasteiger partial charge >= 0.3 is 0 Å². The van der Waals surface area contributed by atoms with Gasteiger partial charge in [0, 0.05) is 13.2 Å². The first-order valence-electron chi connectivity index (χ1n) is 5.25. The summed E-state index contributed by atoms with van der Waals surface area (Å²) in [6.07, 6.45) is 0.291. The second-order valence-corrected chi connectivity index (χ2v) is 4.36. The zero-order valence-electron chi connectivity index (χ0n) is 9.92. The summed E-state index contributed by atoms with van der Waals surface area (Å²) in [5, 5.41) is 3.49. The van der Waals surface area contributed by atoms with Gasteiger partial charge in [-0.3, -0.25) is 0 Å². The van der Waals surface area contributed by atoms with Crippen molar-refractivity contribution in [2.75, 3.05) is 13.7 Å². The van der Waals surface area contributed by atoms with Crippen LogP contribution in [0.4, 0.5) is 0 Å². The lowest BCUT2D eigenvalue weighted by atomic mass is 9.98. The van der Waals surface area contributed by atoms with Crippen LogP contribution in [-0.2, 0) is 4.74 Å². The fraction of sp³-hybridized carbons (Fsp3) is 1.00. The molecule has 0 aliphatic heterocycles. The first-order valence-corrected chi connectivity index (χ1v) is 5.25. The number of hydrogen-bond donors (Lipinski definition) is 1. The highest BCUT2D eigenvalue weighted by molar-refractivity contribution is 4.70. The van der Waals surface area contributed by atoms with Gasteiger partial charge in [0.15, 0.2) is 0 Å². The molecule has 0 aromatic rings. The van der Waals surface area contributed by atoms with E-state index in [4.69, 9.17) is 4.74 Å². The van der Waals surface area contributed by atoms with Crippen molar-refractivity contribution >= 4 is 0 Å². The molecule has 1 N–H and O–H groups in total. The molecule has 0 saturated carbocycles. The van der Waals surface area contributed by atoms with Crippen LogP contribution in [0.1, 0.15) is 34.6 Å². The van der Waals surface area contributed by atoms with Crippen molar-refractivity contribution in [2.45, 2.75) is 46.8 Å². The third-order valence-corrected chi connectivity index (χ3v) is 2.98. The Morgan fingerprint density at radius 2 is 1.62 bits per heavy atom. The highest BCUT2D eigenvalue weighted by atomic mass is 16.5. The molecule has 2 heteroatoms. The molecular formula is C11H25NO. The van der Waals surface area contributed by atoms with Gasteiger partial charge in [-0.2, -0.15) is 0 Å².